The molecule has 2 atom stereocenters. The number of halogens is 1. The zero-order valence-electron chi connectivity index (χ0n) is 16.0. The summed E-state index contributed by atoms with van der Waals surface area (Å²) >= 11 is 1.79. The number of thioether (sulfide) groups is 1. The summed E-state index contributed by atoms with van der Waals surface area (Å²) in [5.74, 6) is 1.27. The number of pyridine rings is 1. The van der Waals surface area contributed by atoms with Gasteiger partial charge in [0.1, 0.15) is 5.25 Å². The van der Waals surface area contributed by atoms with Crippen LogP contribution < -0.4 is 5.32 Å². The summed E-state index contributed by atoms with van der Waals surface area (Å²) in [6.45, 7) is 2.62. The molecule has 0 saturated carbocycles. The molecule has 28 heavy (non-hydrogen) atoms. The van der Waals surface area contributed by atoms with Crippen LogP contribution in [0.5, 0.6) is 0 Å². The van der Waals surface area contributed by atoms with E-state index in [9.17, 15) is 4.79 Å². The highest BCUT2D eigenvalue weighted by molar-refractivity contribution is 8.00. The Labute approximate surface area is 177 Å². The Morgan fingerprint density at radius 2 is 2.00 bits per heavy atom. The molecule has 3 heterocycles. The Morgan fingerprint density at radius 3 is 2.86 bits per heavy atom. The van der Waals surface area contributed by atoms with Gasteiger partial charge in [-0.3, -0.25) is 9.78 Å². The second-order valence-corrected chi connectivity index (χ2v) is 8.53. The minimum absolute atomic E-state index is 0. The van der Waals surface area contributed by atoms with Gasteiger partial charge in [-0.05, 0) is 67.8 Å². The average Bonchev–Trinajstić information content (AvgIpc) is 3.01. The van der Waals surface area contributed by atoms with Gasteiger partial charge in [-0.1, -0.05) is 30.3 Å². The number of hydrogen-bond donors (Lipinski definition) is 1. The van der Waals surface area contributed by atoms with E-state index in [1.165, 1.54) is 11.1 Å². The molecule has 2 aromatic rings. The third kappa shape index (κ3) is 4.88. The van der Waals surface area contributed by atoms with Crippen molar-refractivity contribution in [3.8, 4) is 0 Å². The maximum Gasteiger partial charge on any atom is 0.240 e. The van der Waals surface area contributed by atoms with E-state index >= 15 is 0 Å². The zero-order chi connectivity index (χ0) is 18.5. The molecule has 6 heteroatoms. The van der Waals surface area contributed by atoms with Crippen LogP contribution in [0, 0.1) is 0 Å². The summed E-state index contributed by atoms with van der Waals surface area (Å²) in [6.07, 6.45) is 6.06. The van der Waals surface area contributed by atoms with E-state index in [1.54, 1.807) is 11.8 Å². The van der Waals surface area contributed by atoms with Crippen LogP contribution in [0.2, 0.25) is 0 Å². The number of amides is 1. The van der Waals surface area contributed by atoms with Gasteiger partial charge in [0, 0.05) is 12.2 Å². The molecule has 0 radical (unpaired) electrons. The molecule has 1 N–H and O–H groups in total. The molecular formula is C22H28ClN3OS. The van der Waals surface area contributed by atoms with Gasteiger partial charge < -0.3 is 10.2 Å². The predicted molar refractivity (Wildman–Crippen MR) is 118 cm³/mol. The van der Waals surface area contributed by atoms with Crippen molar-refractivity contribution in [2.24, 2.45) is 0 Å². The molecule has 150 valence electrons. The Morgan fingerprint density at radius 1 is 1.14 bits per heavy atom. The first kappa shape index (κ1) is 21.2. The van der Waals surface area contributed by atoms with Gasteiger partial charge >= 0.3 is 0 Å². The number of carbonyl (C=O) groups excluding carboxylic acids is 1. The molecule has 0 aliphatic carbocycles. The topological polar surface area (TPSA) is 45.2 Å². The van der Waals surface area contributed by atoms with E-state index in [4.69, 9.17) is 0 Å². The van der Waals surface area contributed by atoms with Crippen molar-refractivity contribution in [1.82, 2.24) is 15.2 Å². The van der Waals surface area contributed by atoms with Crippen LogP contribution in [0.1, 0.15) is 41.3 Å². The summed E-state index contributed by atoms with van der Waals surface area (Å²) in [5, 5.41) is 3.38. The lowest BCUT2D eigenvalue weighted by Gasteiger charge is -2.35. The van der Waals surface area contributed by atoms with E-state index in [1.807, 2.05) is 24.4 Å². The minimum Gasteiger partial charge on any atom is -0.333 e. The van der Waals surface area contributed by atoms with Crippen LogP contribution >= 0.6 is 24.2 Å². The maximum absolute atomic E-state index is 13.7. The van der Waals surface area contributed by atoms with Gasteiger partial charge in [0.05, 0.1) is 12.2 Å². The number of benzene rings is 1. The molecule has 1 aromatic heterocycles. The number of hydrogen-bond acceptors (Lipinski definition) is 4. The van der Waals surface area contributed by atoms with Crippen molar-refractivity contribution in [3.05, 3.63) is 65.5 Å². The van der Waals surface area contributed by atoms with Crippen LogP contribution in [-0.2, 0) is 17.8 Å². The van der Waals surface area contributed by atoms with Crippen molar-refractivity contribution in [2.75, 3.05) is 18.8 Å². The fourth-order valence-corrected chi connectivity index (χ4v) is 5.38. The summed E-state index contributed by atoms with van der Waals surface area (Å²) in [4.78, 5) is 20.3. The molecule has 1 fully saturated rings. The molecule has 4 nitrogen and oxygen atoms in total. The van der Waals surface area contributed by atoms with Crippen molar-refractivity contribution < 1.29 is 4.79 Å². The normalized spacial score (nSPS) is 21.7. The summed E-state index contributed by atoms with van der Waals surface area (Å²) in [5.41, 5.74) is 3.50. The second-order valence-electron chi connectivity index (χ2n) is 7.32. The Balaban J connectivity index is 0.00000225. The highest BCUT2D eigenvalue weighted by atomic mass is 35.5. The fraction of sp³-hybridized carbons (Fsp3) is 0.455. The standard InChI is InChI=1S/C22H27N3OS.ClH/c26-22(21-20-9-2-1-6-17(20)11-15-27-21)25(16-18-7-3-4-13-24-18)19-8-5-12-23-14-10-19;/h1-4,6-7,9,13,19,21,23H,5,8,10-12,14-16H2;1H. The number of fused-ring (bicyclic) bond motifs is 1. The van der Waals surface area contributed by atoms with Gasteiger partial charge in [-0.2, -0.15) is 0 Å². The first-order valence-corrected chi connectivity index (χ1v) is 11.0. The number of aromatic nitrogens is 1. The minimum atomic E-state index is -0.0881. The molecular weight excluding hydrogens is 390 g/mol. The van der Waals surface area contributed by atoms with E-state index in [-0.39, 0.29) is 29.6 Å². The molecule has 1 saturated heterocycles. The van der Waals surface area contributed by atoms with Gasteiger partial charge in [0.25, 0.3) is 0 Å². The summed E-state index contributed by atoms with van der Waals surface area (Å²) < 4.78 is 0. The number of carbonyl (C=O) groups is 1. The van der Waals surface area contributed by atoms with E-state index < -0.39 is 0 Å². The van der Waals surface area contributed by atoms with Crippen LogP contribution in [0.4, 0.5) is 0 Å². The van der Waals surface area contributed by atoms with Crippen molar-refractivity contribution in [3.63, 3.8) is 0 Å². The SMILES string of the molecule is Cl.O=C(C1SCCc2ccccc21)N(Cc1ccccn1)C1CCCNCC1. The lowest BCUT2D eigenvalue weighted by molar-refractivity contribution is -0.134. The van der Waals surface area contributed by atoms with E-state index in [0.717, 1.165) is 50.2 Å². The molecule has 0 spiro atoms. The molecule has 2 unspecified atom stereocenters. The zero-order valence-corrected chi connectivity index (χ0v) is 17.7. The monoisotopic (exact) mass is 417 g/mol. The van der Waals surface area contributed by atoms with Gasteiger partial charge in [0.15, 0.2) is 0 Å². The number of aryl methyl sites for hydroxylation is 1. The molecule has 1 aromatic carbocycles. The number of rotatable bonds is 4. The number of nitrogens with one attached hydrogen (secondary N) is 1. The quantitative estimate of drug-likeness (QED) is 0.816. The molecule has 4 rings (SSSR count). The van der Waals surface area contributed by atoms with Crippen LogP contribution in [-0.4, -0.2) is 40.7 Å². The third-order valence-corrected chi connectivity index (χ3v) is 6.77. The average molecular weight is 418 g/mol. The Kier molecular flexibility index (Phi) is 7.77. The van der Waals surface area contributed by atoms with E-state index in [2.05, 4.69) is 39.5 Å². The van der Waals surface area contributed by atoms with Gasteiger partial charge in [-0.25, -0.2) is 0 Å². The van der Waals surface area contributed by atoms with Gasteiger partial charge in [0.2, 0.25) is 5.91 Å². The van der Waals surface area contributed by atoms with Crippen LogP contribution in [0.15, 0.2) is 48.7 Å². The highest BCUT2D eigenvalue weighted by Crippen LogP contribution is 2.39. The fourth-order valence-electron chi connectivity index (χ4n) is 4.11. The van der Waals surface area contributed by atoms with Crippen molar-refractivity contribution in [1.29, 1.82) is 0 Å². The lowest BCUT2D eigenvalue weighted by Crippen LogP contribution is -2.43. The van der Waals surface area contributed by atoms with Crippen molar-refractivity contribution in [2.45, 2.75) is 43.5 Å². The Bertz CT molecular complexity index is 765. The summed E-state index contributed by atoms with van der Waals surface area (Å²) in [6, 6.07) is 14.7. The van der Waals surface area contributed by atoms with Crippen LogP contribution in [0.25, 0.3) is 0 Å². The maximum atomic E-state index is 13.7. The highest BCUT2D eigenvalue weighted by Gasteiger charge is 2.34. The molecule has 2 aliphatic rings. The first-order valence-electron chi connectivity index (χ1n) is 9.93. The largest absolute Gasteiger partial charge is 0.333 e. The van der Waals surface area contributed by atoms with Gasteiger partial charge in [-0.15, -0.1) is 24.2 Å². The first-order chi connectivity index (χ1) is 13.3. The van der Waals surface area contributed by atoms with Crippen molar-refractivity contribution >= 4 is 30.1 Å². The lowest BCUT2D eigenvalue weighted by atomic mass is 9.99. The second kappa shape index (κ2) is 10.3. The predicted octanol–water partition coefficient (Wildman–Crippen LogP) is 4.00. The Hall–Kier alpha value is -1.56. The molecule has 0 bridgehead atoms. The van der Waals surface area contributed by atoms with E-state index in [0.29, 0.717) is 6.54 Å². The van der Waals surface area contributed by atoms with Crippen LogP contribution in [0.3, 0.4) is 0 Å². The number of nitrogens with zero attached hydrogens (tertiary/aromatic N) is 2. The third-order valence-electron chi connectivity index (χ3n) is 5.55. The molecule has 1 amide bonds. The smallest absolute Gasteiger partial charge is 0.240 e. The molecule has 2 aliphatic heterocycles. The summed E-state index contributed by atoms with van der Waals surface area (Å²) in [7, 11) is 0.